The van der Waals surface area contributed by atoms with Crippen LogP contribution >= 0.6 is 11.3 Å². The fourth-order valence-corrected chi connectivity index (χ4v) is 2.62. The number of nitrogens with two attached hydrogens (primary N) is 1. The number of hydrogen-bond acceptors (Lipinski definition) is 4. The van der Waals surface area contributed by atoms with E-state index in [9.17, 15) is 4.79 Å². The van der Waals surface area contributed by atoms with Crippen molar-refractivity contribution in [1.29, 1.82) is 0 Å². The van der Waals surface area contributed by atoms with Crippen molar-refractivity contribution >= 4 is 17.2 Å². The molecule has 0 spiro atoms. The Bertz CT molecular complexity index is 372. The first-order valence-corrected chi connectivity index (χ1v) is 6.73. The Balaban J connectivity index is 1.86. The number of amides is 1. The topological polar surface area (TPSA) is 64.4 Å². The molecule has 94 valence electrons. The fraction of sp³-hybridized carbons (Fsp3) is 0.583. The lowest BCUT2D eigenvalue weighted by atomic mass is 9.98. The summed E-state index contributed by atoms with van der Waals surface area (Å²) < 4.78 is 5.18. The third-order valence-corrected chi connectivity index (χ3v) is 3.74. The molecular weight excluding hydrogens is 236 g/mol. The molecule has 1 aromatic rings. The highest BCUT2D eigenvalue weighted by molar-refractivity contribution is 7.07. The summed E-state index contributed by atoms with van der Waals surface area (Å²) in [6, 6.07) is 2.17. The van der Waals surface area contributed by atoms with E-state index in [1.807, 2.05) is 12.3 Å². The van der Waals surface area contributed by atoms with Crippen molar-refractivity contribution in [3.05, 3.63) is 22.4 Å². The van der Waals surface area contributed by atoms with Crippen molar-refractivity contribution in [2.75, 3.05) is 13.2 Å². The molecule has 4 nitrogen and oxygen atoms in total. The Morgan fingerprint density at radius 3 is 3.18 bits per heavy atom. The highest BCUT2D eigenvalue weighted by atomic mass is 32.1. The molecule has 1 aromatic heterocycles. The van der Waals surface area contributed by atoms with Crippen LogP contribution < -0.4 is 11.1 Å². The number of carbonyl (C=O) groups excluding carboxylic acids is 1. The minimum Gasteiger partial charge on any atom is -0.379 e. The zero-order valence-electron chi connectivity index (χ0n) is 9.94. The van der Waals surface area contributed by atoms with Crippen LogP contribution in [-0.4, -0.2) is 30.7 Å². The van der Waals surface area contributed by atoms with Crippen LogP contribution in [0.25, 0.3) is 0 Å². The first kappa shape index (κ1) is 12.5. The summed E-state index contributed by atoms with van der Waals surface area (Å²) >= 11 is 1.67. The molecule has 1 amide bonds. The van der Waals surface area contributed by atoms with E-state index in [1.54, 1.807) is 11.3 Å². The molecule has 1 aliphatic heterocycles. The van der Waals surface area contributed by atoms with Crippen LogP contribution in [0.3, 0.4) is 0 Å². The van der Waals surface area contributed by atoms with Crippen molar-refractivity contribution in [2.24, 2.45) is 5.73 Å². The quantitative estimate of drug-likeness (QED) is 0.839. The predicted octanol–water partition coefficient (Wildman–Crippen LogP) is 0.913. The molecule has 0 radical (unpaired) electrons. The number of carbonyl (C=O) groups is 1. The number of ether oxygens (including phenoxy) is 1. The van der Waals surface area contributed by atoms with E-state index in [0.717, 1.165) is 6.42 Å². The van der Waals surface area contributed by atoms with E-state index in [0.29, 0.717) is 19.6 Å². The van der Waals surface area contributed by atoms with Crippen LogP contribution in [0.15, 0.2) is 16.8 Å². The molecule has 2 unspecified atom stereocenters. The standard InChI is InChI=1S/C12H18N2O2S/c1-9(6-10-2-5-17-7-10)14-11(15)12(13)3-4-16-8-12/h2,5,7,9H,3-4,6,8,13H2,1H3,(H,14,15). The Hall–Kier alpha value is -0.910. The van der Waals surface area contributed by atoms with Crippen LogP contribution in [0.1, 0.15) is 18.9 Å². The molecule has 1 saturated heterocycles. The van der Waals surface area contributed by atoms with Crippen molar-refractivity contribution in [3.63, 3.8) is 0 Å². The summed E-state index contributed by atoms with van der Waals surface area (Å²) in [7, 11) is 0. The van der Waals surface area contributed by atoms with Gasteiger partial charge < -0.3 is 15.8 Å². The van der Waals surface area contributed by atoms with Gasteiger partial charge in [-0.15, -0.1) is 0 Å². The number of rotatable bonds is 4. The highest BCUT2D eigenvalue weighted by Crippen LogP contribution is 2.16. The van der Waals surface area contributed by atoms with Crippen LogP contribution in [0.2, 0.25) is 0 Å². The molecule has 1 aliphatic rings. The van der Waals surface area contributed by atoms with Gasteiger partial charge in [0.25, 0.3) is 0 Å². The lowest BCUT2D eigenvalue weighted by molar-refractivity contribution is -0.126. The second kappa shape index (κ2) is 5.16. The molecule has 0 aromatic carbocycles. The number of hydrogen-bond donors (Lipinski definition) is 2. The minimum absolute atomic E-state index is 0.0955. The maximum Gasteiger partial charge on any atom is 0.242 e. The van der Waals surface area contributed by atoms with Crippen LogP contribution in [0.5, 0.6) is 0 Å². The Morgan fingerprint density at radius 2 is 2.59 bits per heavy atom. The van der Waals surface area contributed by atoms with E-state index in [1.165, 1.54) is 5.56 Å². The maximum atomic E-state index is 12.0. The smallest absolute Gasteiger partial charge is 0.242 e. The van der Waals surface area contributed by atoms with E-state index in [4.69, 9.17) is 10.5 Å². The molecule has 0 bridgehead atoms. The predicted molar refractivity (Wildman–Crippen MR) is 68.0 cm³/mol. The van der Waals surface area contributed by atoms with Gasteiger partial charge in [-0.05, 0) is 42.2 Å². The normalized spacial score (nSPS) is 25.8. The largest absolute Gasteiger partial charge is 0.379 e. The minimum atomic E-state index is -0.830. The molecule has 0 aliphatic carbocycles. The fourth-order valence-electron chi connectivity index (χ4n) is 1.94. The zero-order valence-corrected chi connectivity index (χ0v) is 10.8. The molecule has 2 atom stereocenters. The maximum absolute atomic E-state index is 12.0. The van der Waals surface area contributed by atoms with E-state index in [2.05, 4.69) is 16.8 Å². The molecule has 5 heteroatoms. The Labute approximate surface area is 105 Å². The molecule has 3 N–H and O–H groups in total. The first-order chi connectivity index (χ1) is 8.10. The summed E-state index contributed by atoms with van der Waals surface area (Å²) in [5.74, 6) is -0.0993. The summed E-state index contributed by atoms with van der Waals surface area (Å²) in [6.45, 7) is 2.89. The van der Waals surface area contributed by atoms with Crippen LogP contribution in [0.4, 0.5) is 0 Å². The van der Waals surface area contributed by atoms with E-state index >= 15 is 0 Å². The second-order valence-electron chi connectivity index (χ2n) is 4.67. The van der Waals surface area contributed by atoms with E-state index < -0.39 is 5.54 Å². The van der Waals surface area contributed by atoms with Gasteiger partial charge in [0.1, 0.15) is 5.54 Å². The van der Waals surface area contributed by atoms with Gasteiger partial charge in [0.05, 0.1) is 6.61 Å². The summed E-state index contributed by atoms with van der Waals surface area (Å²) in [4.78, 5) is 12.0. The van der Waals surface area contributed by atoms with Crippen molar-refractivity contribution in [3.8, 4) is 0 Å². The zero-order chi connectivity index (χ0) is 12.3. The number of thiophene rings is 1. The highest BCUT2D eigenvalue weighted by Gasteiger charge is 2.38. The van der Waals surface area contributed by atoms with Crippen LogP contribution in [-0.2, 0) is 16.0 Å². The Kier molecular flexibility index (Phi) is 3.81. The lowest BCUT2D eigenvalue weighted by Gasteiger charge is -2.23. The lowest BCUT2D eigenvalue weighted by Crippen LogP contribution is -2.56. The SMILES string of the molecule is CC(Cc1ccsc1)NC(=O)C1(N)CCOC1. The summed E-state index contributed by atoms with van der Waals surface area (Å²) in [5, 5.41) is 7.10. The Morgan fingerprint density at radius 1 is 1.76 bits per heavy atom. The van der Waals surface area contributed by atoms with Gasteiger partial charge in [-0.1, -0.05) is 0 Å². The van der Waals surface area contributed by atoms with Gasteiger partial charge in [-0.25, -0.2) is 0 Å². The third kappa shape index (κ3) is 3.06. The summed E-state index contributed by atoms with van der Waals surface area (Å²) in [5.41, 5.74) is 6.41. The van der Waals surface area contributed by atoms with Gasteiger partial charge >= 0.3 is 0 Å². The van der Waals surface area contributed by atoms with Gasteiger partial charge in [-0.2, -0.15) is 11.3 Å². The molecule has 2 rings (SSSR count). The molecule has 2 heterocycles. The summed E-state index contributed by atoms with van der Waals surface area (Å²) in [6.07, 6.45) is 1.44. The van der Waals surface area contributed by atoms with Gasteiger partial charge in [0, 0.05) is 12.6 Å². The van der Waals surface area contributed by atoms with E-state index in [-0.39, 0.29) is 11.9 Å². The molecular formula is C12H18N2O2S. The average molecular weight is 254 g/mol. The van der Waals surface area contributed by atoms with Crippen LogP contribution in [0, 0.1) is 0 Å². The van der Waals surface area contributed by atoms with Crippen molar-refractivity contribution in [1.82, 2.24) is 5.32 Å². The van der Waals surface area contributed by atoms with Gasteiger partial charge in [0.15, 0.2) is 0 Å². The van der Waals surface area contributed by atoms with Crippen molar-refractivity contribution < 1.29 is 9.53 Å². The number of nitrogens with one attached hydrogen (secondary N) is 1. The third-order valence-electron chi connectivity index (χ3n) is 3.00. The van der Waals surface area contributed by atoms with Gasteiger partial charge in [-0.3, -0.25) is 4.79 Å². The molecule has 0 saturated carbocycles. The van der Waals surface area contributed by atoms with Crippen molar-refractivity contribution in [2.45, 2.75) is 31.3 Å². The monoisotopic (exact) mass is 254 g/mol. The molecule has 1 fully saturated rings. The second-order valence-corrected chi connectivity index (χ2v) is 5.45. The van der Waals surface area contributed by atoms with Gasteiger partial charge in [0.2, 0.25) is 5.91 Å². The first-order valence-electron chi connectivity index (χ1n) is 5.79. The average Bonchev–Trinajstić information content (AvgIpc) is 2.90. The molecule has 17 heavy (non-hydrogen) atoms.